The number of carbonyl (C=O) groups excluding carboxylic acids is 2. The van der Waals surface area contributed by atoms with Crippen LogP contribution in [0.1, 0.15) is 43.6 Å². The number of nitrogens with one attached hydrogen (secondary N) is 2. The second-order valence-electron chi connectivity index (χ2n) is 5.46. The van der Waals surface area contributed by atoms with Crippen LogP contribution in [0.2, 0.25) is 0 Å². The van der Waals surface area contributed by atoms with E-state index in [0.29, 0.717) is 12.2 Å². The molecule has 0 radical (unpaired) electrons. The van der Waals surface area contributed by atoms with Gasteiger partial charge in [0.25, 0.3) is 5.91 Å². The zero-order chi connectivity index (χ0) is 15.8. The fraction of sp³-hybridized carbons (Fsp3) is 0.500. The van der Waals surface area contributed by atoms with E-state index in [9.17, 15) is 9.59 Å². The van der Waals surface area contributed by atoms with Gasteiger partial charge in [0.1, 0.15) is 0 Å². The van der Waals surface area contributed by atoms with E-state index in [2.05, 4.69) is 10.6 Å². The summed E-state index contributed by atoms with van der Waals surface area (Å²) in [6.45, 7) is 8.20. The van der Waals surface area contributed by atoms with Crippen molar-refractivity contribution in [2.24, 2.45) is 0 Å². The maximum Gasteiger partial charge on any atom is 0.251 e. The standard InChI is InChI=1S/C16H24N2O3/c1-11(2)18-15(19)9-17-16(20)14-7-5-13(6-8-14)10-21-12(3)4/h5-8,11-12H,9-10H2,1-4H3,(H,17,20)(H,18,19). The molecule has 0 bridgehead atoms. The Morgan fingerprint density at radius 1 is 1.10 bits per heavy atom. The molecule has 0 aliphatic rings. The molecule has 1 aromatic carbocycles. The molecule has 0 spiro atoms. The largest absolute Gasteiger partial charge is 0.374 e. The zero-order valence-corrected chi connectivity index (χ0v) is 13.1. The number of carbonyl (C=O) groups is 2. The van der Waals surface area contributed by atoms with E-state index < -0.39 is 0 Å². The summed E-state index contributed by atoms with van der Waals surface area (Å²) in [5.74, 6) is -0.453. The van der Waals surface area contributed by atoms with Crippen LogP contribution in [0.3, 0.4) is 0 Å². The lowest BCUT2D eigenvalue weighted by Gasteiger charge is -2.10. The molecule has 0 heterocycles. The summed E-state index contributed by atoms with van der Waals surface area (Å²) in [6, 6.07) is 7.23. The summed E-state index contributed by atoms with van der Waals surface area (Å²) in [6.07, 6.45) is 0.174. The Hall–Kier alpha value is -1.88. The number of benzene rings is 1. The zero-order valence-electron chi connectivity index (χ0n) is 13.1. The highest BCUT2D eigenvalue weighted by atomic mass is 16.5. The van der Waals surface area contributed by atoms with Crippen molar-refractivity contribution in [1.29, 1.82) is 0 Å². The third-order valence-electron chi connectivity index (χ3n) is 2.66. The fourth-order valence-corrected chi connectivity index (χ4v) is 1.65. The molecule has 0 aliphatic carbocycles. The Balaban J connectivity index is 2.46. The SMILES string of the molecule is CC(C)NC(=O)CNC(=O)c1ccc(COC(C)C)cc1. The Morgan fingerprint density at radius 2 is 1.71 bits per heavy atom. The van der Waals surface area contributed by atoms with E-state index in [1.165, 1.54) is 0 Å². The second-order valence-corrected chi connectivity index (χ2v) is 5.46. The van der Waals surface area contributed by atoms with Gasteiger partial charge in [0.2, 0.25) is 5.91 Å². The molecular weight excluding hydrogens is 268 g/mol. The van der Waals surface area contributed by atoms with Crippen molar-refractivity contribution in [3.8, 4) is 0 Å². The Kier molecular flexibility index (Phi) is 6.88. The van der Waals surface area contributed by atoms with Gasteiger partial charge in [-0.1, -0.05) is 12.1 Å². The van der Waals surface area contributed by atoms with Crippen LogP contribution in [0.5, 0.6) is 0 Å². The van der Waals surface area contributed by atoms with Gasteiger partial charge in [0, 0.05) is 11.6 Å². The predicted molar refractivity (Wildman–Crippen MR) is 82.0 cm³/mol. The van der Waals surface area contributed by atoms with E-state index in [1.807, 2.05) is 39.8 Å². The summed E-state index contributed by atoms with van der Waals surface area (Å²) in [5, 5.41) is 5.31. The highest BCUT2D eigenvalue weighted by Gasteiger charge is 2.08. The lowest BCUT2D eigenvalue weighted by Crippen LogP contribution is -2.39. The van der Waals surface area contributed by atoms with Gasteiger partial charge >= 0.3 is 0 Å². The van der Waals surface area contributed by atoms with E-state index in [4.69, 9.17) is 4.74 Å². The smallest absolute Gasteiger partial charge is 0.251 e. The van der Waals surface area contributed by atoms with Crippen molar-refractivity contribution in [3.05, 3.63) is 35.4 Å². The van der Waals surface area contributed by atoms with Crippen LogP contribution in [-0.2, 0) is 16.1 Å². The highest BCUT2D eigenvalue weighted by molar-refractivity contribution is 5.96. The van der Waals surface area contributed by atoms with Gasteiger partial charge in [-0.15, -0.1) is 0 Å². The predicted octanol–water partition coefficient (Wildman–Crippen LogP) is 1.87. The first-order chi connectivity index (χ1) is 9.88. The van der Waals surface area contributed by atoms with Crippen molar-refractivity contribution in [1.82, 2.24) is 10.6 Å². The summed E-state index contributed by atoms with van der Waals surface area (Å²) in [7, 11) is 0. The molecule has 0 aromatic heterocycles. The van der Waals surface area contributed by atoms with Crippen LogP contribution < -0.4 is 10.6 Å². The molecule has 0 saturated carbocycles. The molecule has 5 heteroatoms. The molecule has 1 aromatic rings. The number of ether oxygens (including phenoxy) is 1. The summed E-state index contributed by atoms with van der Waals surface area (Å²) >= 11 is 0. The average Bonchev–Trinajstić information content (AvgIpc) is 2.42. The molecule has 116 valence electrons. The lowest BCUT2D eigenvalue weighted by molar-refractivity contribution is -0.120. The molecule has 21 heavy (non-hydrogen) atoms. The van der Waals surface area contributed by atoms with E-state index in [-0.39, 0.29) is 30.5 Å². The molecule has 0 fully saturated rings. The normalized spacial score (nSPS) is 10.8. The number of amides is 2. The minimum atomic E-state index is -0.259. The Morgan fingerprint density at radius 3 is 2.24 bits per heavy atom. The van der Waals surface area contributed by atoms with Crippen LogP contribution in [0, 0.1) is 0 Å². The van der Waals surface area contributed by atoms with Crippen molar-refractivity contribution < 1.29 is 14.3 Å². The molecular formula is C16H24N2O3. The molecule has 0 aliphatic heterocycles. The number of rotatable bonds is 7. The van der Waals surface area contributed by atoms with E-state index in [1.54, 1.807) is 12.1 Å². The van der Waals surface area contributed by atoms with Crippen molar-refractivity contribution >= 4 is 11.8 Å². The lowest BCUT2D eigenvalue weighted by atomic mass is 10.1. The van der Waals surface area contributed by atoms with Gasteiger partial charge in [0.15, 0.2) is 0 Å². The topological polar surface area (TPSA) is 67.4 Å². The van der Waals surface area contributed by atoms with Crippen LogP contribution in [0.15, 0.2) is 24.3 Å². The van der Waals surface area contributed by atoms with Crippen molar-refractivity contribution in [3.63, 3.8) is 0 Å². The molecule has 1 rings (SSSR count). The van der Waals surface area contributed by atoms with Crippen LogP contribution in [-0.4, -0.2) is 30.5 Å². The molecule has 5 nitrogen and oxygen atoms in total. The first kappa shape index (κ1) is 17.2. The van der Waals surface area contributed by atoms with E-state index in [0.717, 1.165) is 5.56 Å². The molecule has 0 unspecified atom stereocenters. The van der Waals surface area contributed by atoms with Crippen molar-refractivity contribution in [2.75, 3.05) is 6.54 Å². The molecule has 2 N–H and O–H groups in total. The molecule has 0 saturated heterocycles. The van der Waals surface area contributed by atoms with Gasteiger partial charge < -0.3 is 15.4 Å². The maximum atomic E-state index is 11.9. The average molecular weight is 292 g/mol. The first-order valence-electron chi connectivity index (χ1n) is 7.16. The first-order valence-corrected chi connectivity index (χ1v) is 7.16. The van der Waals surface area contributed by atoms with E-state index >= 15 is 0 Å². The fourth-order valence-electron chi connectivity index (χ4n) is 1.65. The minimum Gasteiger partial charge on any atom is -0.374 e. The third kappa shape index (κ3) is 6.90. The quantitative estimate of drug-likeness (QED) is 0.806. The van der Waals surface area contributed by atoms with Gasteiger partial charge in [-0.2, -0.15) is 0 Å². The second kappa shape index (κ2) is 8.42. The van der Waals surface area contributed by atoms with Gasteiger partial charge in [-0.25, -0.2) is 0 Å². The Bertz CT molecular complexity index is 467. The molecule has 2 amide bonds. The summed E-state index contributed by atoms with van der Waals surface area (Å²) in [4.78, 5) is 23.3. The minimum absolute atomic E-state index is 0.0186. The van der Waals surface area contributed by atoms with Gasteiger partial charge in [0.05, 0.1) is 19.3 Å². The van der Waals surface area contributed by atoms with Gasteiger partial charge in [-0.05, 0) is 45.4 Å². The molecule has 0 atom stereocenters. The summed E-state index contributed by atoms with van der Waals surface area (Å²) in [5.41, 5.74) is 1.54. The van der Waals surface area contributed by atoms with Crippen molar-refractivity contribution in [2.45, 2.75) is 46.4 Å². The summed E-state index contributed by atoms with van der Waals surface area (Å²) < 4.78 is 5.49. The van der Waals surface area contributed by atoms with Crippen LogP contribution >= 0.6 is 0 Å². The van der Waals surface area contributed by atoms with Crippen LogP contribution in [0.4, 0.5) is 0 Å². The van der Waals surface area contributed by atoms with Gasteiger partial charge in [-0.3, -0.25) is 9.59 Å². The highest BCUT2D eigenvalue weighted by Crippen LogP contribution is 2.07. The monoisotopic (exact) mass is 292 g/mol. The third-order valence-corrected chi connectivity index (χ3v) is 2.66. The number of hydrogen-bond donors (Lipinski definition) is 2. The maximum absolute atomic E-state index is 11.9. The van der Waals surface area contributed by atoms with Crippen LogP contribution in [0.25, 0.3) is 0 Å². The number of hydrogen-bond acceptors (Lipinski definition) is 3. The Labute approximate surface area is 126 Å².